The molecule has 1 aromatic carbocycles. The average molecular weight is 319 g/mol. The van der Waals surface area contributed by atoms with E-state index in [1.54, 1.807) is 0 Å². The Bertz CT molecular complexity index is 486. The fraction of sp³-hybridized carbons (Fsp3) is 0.647. The van der Waals surface area contributed by atoms with Crippen LogP contribution in [-0.2, 0) is 4.84 Å². The summed E-state index contributed by atoms with van der Waals surface area (Å²) in [7, 11) is 0. The number of hydroxylamine groups is 1. The van der Waals surface area contributed by atoms with Gasteiger partial charge in [-0.05, 0) is 24.0 Å². The lowest BCUT2D eigenvalue weighted by Gasteiger charge is -2.28. The third-order valence-corrected chi connectivity index (χ3v) is 4.51. The minimum atomic E-state index is 0.0592. The van der Waals surface area contributed by atoms with Gasteiger partial charge in [-0.2, -0.15) is 5.48 Å². The van der Waals surface area contributed by atoms with Gasteiger partial charge in [0.2, 0.25) is 0 Å². The van der Waals surface area contributed by atoms with Gasteiger partial charge < -0.3 is 5.32 Å². The molecule has 128 valence electrons. The Morgan fingerprint density at radius 2 is 1.91 bits per heavy atom. The van der Waals surface area contributed by atoms with Gasteiger partial charge in [-0.3, -0.25) is 20.8 Å². The molecule has 2 aliphatic heterocycles. The molecule has 0 bridgehead atoms. The largest absolute Gasteiger partial charge is 0.313 e. The molecule has 0 saturated carbocycles. The Kier molecular flexibility index (Phi) is 5.63. The van der Waals surface area contributed by atoms with E-state index >= 15 is 0 Å². The zero-order chi connectivity index (χ0) is 16.2. The van der Waals surface area contributed by atoms with Gasteiger partial charge in [-0.15, -0.1) is 0 Å². The highest BCUT2D eigenvalue weighted by Gasteiger charge is 2.27. The molecule has 2 saturated heterocycles. The van der Waals surface area contributed by atoms with E-state index < -0.39 is 0 Å². The SMILES string of the molecule is CC(C)C1NC(c2ccc([C@@H](C)NC3CNCCN3)cc2)NO1. The van der Waals surface area contributed by atoms with Gasteiger partial charge in [0, 0.05) is 25.7 Å². The molecular weight excluding hydrogens is 290 g/mol. The molecule has 6 heteroatoms. The predicted octanol–water partition coefficient (Wildman–Crippen LogP) is 0.961. The summed E-state index contributed by atoms with van der Waals surface area (Å²) >= 11 is 0. The minimum absolute atomic E-state index is 0.0592. The first-order valence-electron chi connectivity index (χ1n) is 8.60. The van der Waals surface area contributed by atoms with E-state index in [9.17, 15) is 0 Å². The molecule has 2 aliphatic rings. The number of nitrogens with one attached hydrogen (secondary N) is 5. The summed E-state index contributed by atoms with van der Waals surface area (Å²) in [4.78, 5) is 5.57. The van der Waals surface area contributed by atoms with E-state index in [0.29, 0.717) is 18.1 Å². The highest BCUT2D eigenvalue weighted by atomic mass is 16.7. The highest BCUT2D eigenvalue weighted by Crippen LogP contribution is 2.21. The summed E-state index contributed by atoms with van der Waals surface area (Å²) in [6, 6.07) is 9.02. The molecule has 3 rings (SSSR count). The molecule has 2 heterocycles. The van der Waals surface area contributed by atoms with Crippen LogP contribution in [0.15, 0.2) is 24.3 Å². The molecule has 0 amide bonds. The van der Waals surface area contributed by atoms with Crippen LogP contribution in [0.2, 0.25) is 0 Å². The maximum absolute atomic E-state index is 5.57. The lowest BCUT2D eigenvalue weighted by molar-refractivity contribution is -0.00238. The smallest absolute Gasteiger partial charge is 0.133 e. The third kappa shape index (κ3) is 4.29. The van der Waals surface area contributed by atoms with E-state index in [4.69, 9.17) is 4.84 Å². The highest BCUT2D eigenvalue weighted by molar-refractivity contribution is 5.27. The van der Waals surface area contributed by atoms with Crippen molar-refractivity contribution in [3.8, 4) is 0 Å². The van der Waals surface area contributed by atoms with Crippen molar-refractivity contribution in [1.82, 2.24) is 26.7 Å². The molecule has 23 heavy (non-hydrogen) atoms. The van der Waals surface area contributed by atoms with Gasteiger partial charge in [0.1, 0.15) is 12.4 Å². The number of hydrogen-bond donors (Lipinski definition) is 5. The minimum Gasteiger partial charge on any atom is -0.313 e. The van der Waals surface area contributed by atoms with Crippen molar-refractivity contribution in [2.45, 2.75) is 45.4 Å². The Balaban J connectivity index is 1.56. The van der Waals surface area contributed by atoms with Crippen molar-refractivity contribution < 1.29 is 4.84 Å². The number of hydrogen-bond acceptors (Lipinski definition) is 6. The number of benzene rings is 1. The predicted molar refractivity (Wildman–Crippen MR) is 91.4 cm³/mol. The summed E-state index contributed by atoms with van der Waals surface area (Å²) in [5.41, 5.74) is 5.56. The summed E-state index contributed by atoms with van der Waals surface area (Å²) in [6.07, 6.45) is 0.450. The number of piperazine rings is 1. The second-order valence-corrected chi connectivity index (χ2v) is 6.77. The monoisotopic (exact) mass is 319 g/mol. The maximum atomic E-state index is 5.57. The molecular formula is C17H29N5O. The Morgan fingerprint density at radius 1 is 1.13 bits per heavy atom. The third-order valence-electron chi connectivity index (χ3n) is 4.51. The van der Waals surface area contributed by atoms with Crippen molar-refractivity contribution in [3.63, 3.8) is 0 Å². The van der Waals surface area contributed by atoms with Crippen molar-refractivity contribution >= 4 is 0 Å². The van der Waals surface area contributed by atoms with E-state index in [1.165, 1.54) is 11.1 Å². The van der Waals surface area contributed by atoms with Crippen LogP contribution in [0.25, 0.3) is 0 Å². The van der Waals surface area contributed by atoms with Crippen molar-refractivity contribution in [2.75, 3.05) is 19.6 Å². The van der Waals surface area contributed by atoms with E-state index in [-0.39, 0.29) is 12.4 Å². The fourth-order valence-electron chi connectivity index (χ4n) is 3.01. The maximum Gasteiger partial charge on any atom is 0.133 e. The van der Waals surface area contributed by atoms with Gasteiger partial charge >= 0.3 is 0 Å². The number of rotatable bonds is 5. The van der Waals surface area contributed by atoms with Gasteiger partial charge in [-0.25, -0.2) is 0 Å². The average Bonchev–Trinajstić information content (AvgIpc) is 3.06. The van der Waals surface area contributed by atoms with Crippen LogP contribution in [0.1, 0.15) is 44.1 Å². The first-order chi connectivity index (χ1) is 11.1. The molecule has 4 atom stereocenters. The van der Waals surface area contributed by atoms with Crippen molar-refractivity contribution in [3.05, 3.63) is 35.4 Å². The van der Waals surface area contributed by atoms with Gasteiger partial charge in [0.15, 0.2) is 0 Å². The molecule has 0 spiro atoms. The Morgan fingerprint density at radius 3 is 2.52 bits per heavy atom. The van der Waals surface area contributed by atoms with Crippen LogP contribution in [0.3, 0.4) is 0 Å². The quantitative estimate of drug-likeness (QED) is 0.557. The van der Waals surface area contributed by atoms with Crippen LogP contribution < -0.4 is 26.7 Å². The van der Waals surface area contributed by atoms with E-state index in [1.807, 2.05) is 0 Å². The summed E-state index contributed by atoms with van der Waals surface area (Å²) < 4.78 is 0. The molecule has 1 aromatic rings. The standard InChI is InChI=1S/C17H29N5O/c1-11(2)17-21-16(22-23-17)14-6-4-13(5-7-14)12(3)20-15-10-18-8-9-19-15/h4-7,11-12,15-22H,8-10H2,1-3H3/t12-,15?,16?,17?/m1/s1. The molecule has 2 fully saturated rings. The van der Waals surface area contributed by atoms with Crippen molar-refractivity contribution in [1.29, 1.82) is 0 Å². The molecule has 0 aliphatic carbocycles. The van der Waals surface area contributed by atoms with Gasteiger partial charge in [0.25, 0.3) is 0 Å². The zero-order valence-corrected chi connectivity index (χ0v) is 14.2. The summed E-state index contributed by atoms with van der Waals surface area (Å²) in [5.74, 6) is 0.438. The van der Waals surface area contributed by atoms with Crippen molar-refractivity contribution in [2.24, 2.45) is 5.92 Å². The van der Waals surface area contributed by atoms with E-state index in [0.717, 1.165) is 19.6 Å². The zero-order valence-electron chi connectivity index (χ0n) is 14.2. The van der Waals surface area contributed by atoms with Crippen LogP contribution in [0, 0.1) is 5.92 Å². The topological polar surface area (TPSA) is 69.4 Å². The van der Waals surface area contributed by atoms with Gasteiger partial charge in [0.05, 0.1) is 6.17 Å². The lowest BCUT2D eigenvalue weighted by atomic mass is 10.0. The fourth-order valence-corrected chi connectivity index (χ4v) is 3.01. The summed E-state index contributed by atoms with van der Waals surface area (Å²) in [5, 5.41) is 13.9. The van der Waals surface area contributed by atoms with E-state index in [2.05, 4.69) is 71.8 Å². The summed E-state index contributed by atoms with van der Waals surface area (Å²) in [6.45, 7) is 9.52. The Labute approximate surface area is 138 Å². The van der Waals surface area contributed by atoms with Crippen LogP contribution in [0.5, 0.6) is 0 Å². The van der Waals surface area contributed by atoms with Crippen LogP contribution >= 0.6 is 0 Å². The molecule has 0 aromatic heterocycles. The normalized spacial score (nSPS) is 29.8. The second kappa shape index (κ2) is 7.70. The first kappa shape index (κ1) is 16.8. The van der Waals surface area contributed by atoms with Gasteiger partial charge in [-0.1, -0.05) is 38.1 Å². The molecule has 5 N–H and O–H groups in total. The Hall–Kier alpha value is -1.02. The second-order valence-electron chi connectivity index (χ2n) is 6.77. The molecule has 6 nitrogen and oxygen atoms in total. The van der Waals surface area contributed by atoms with Crippen LogP contribution in [0.4, 0.5) is 0 Å². The first-order valence-corrected chi connectivity index (χ1v) is 8.60. The van der Waals surface area contributed by atoms with Crippen LogP contribution in [-0.4, -0.2) is 32.0 Å². The molecule has 3 unspecified atom stereocenters. The lowest BCUT2D eigenvalue weighted by Crippen LogP contribution is -2.55. The molecule has 0 radical (unpaired) electrons.